The predicted molar refractivity (Wildman–Crippen MR) is 46.7 cm³/mol. The lowest BCUT2D eigenvalue weighted by molar-refractivity contribution is -0.111. The van der Waals surface area contributed by atoms with Gasteiger partial charge in [0.1, 0.15) is 5.15 Å². The van der Waals surface area contributed by atoms with Crippen LogP contribution in [0.5, 0.6) is 0 Å². The summed E-state index contributed by atoms with van der Waals surface area (Å²) < 4.78 is 0. The quantitative estimate of drug-likeness (QED) is 0.523. The first kappa shape index (κ1) is 8.57. The summed E-state index contributed by atoms with van der Waals surface area (Å²) in [5.41, 5.74) is 0.540. The van der Waals surface area contributed by atoms with Crippen LogP contribution in [0, 0.1) is 12.3 Å². The molecule has 3 nitrogen and oxygen atoms in total. The Balaban J connectivity index is 2.78. The van der Waals surface area contributed by atoms with Crippen molar-refractivity contribution in [3.8, 4) is 12.3 Å². The number of pyridine rings is 1. The molecule has 0 unspecified atom stereocenters. The van der Waals surface area contributed by atoms with Gasteiger partial charge in [-0.1, -0.05) is 11.6 Å². The lowest BCUT2D eigenvalue weighted by Crippen LogP contribution is -2.07. The van der Waals surface area contributed by atoms with Gasteiger partial charge in [0.15, 0.2) is 0 Å². The summed E-state index contributed by atoms with van der Waals surface area (Å²) in [6.45, 7) is 0. The van der Waals surface area contributed by atoms with Crippen LogP contribution in [0.15, 0.2) is 18.3 Å². The zero-order valence-corrected chi connectivity index (χ0v) is 6.80. The summed E-state index contributed by atoms with van der Waals surface area (Å²) in [4.78, 5) is 14.4. The molecular formula is C8H5ClN2O. The van der Waals surface area contributed by atoms with Gasteiger partial charge >= 0.3 is 0 Å². The molecule has 1 aromatic rings. The van der Waals surface area contributed by atoms with Gasteiger partial charge in [-0.05, 0) is 18.1 Å². The van der Waals surface area contributed by atoms with Crippen LogP contribution in [0.1, 0.15) is 0 Å². The highest BCUT2D eigenvalue weighted by molar-refractivity contribution is 6.29. The maximum atomic E-state index is 10.7. The molecule has 0 fully saturated rings. The molecule has 0 atom stereocenters. The number of nitrogens with zero attached hydrogens (tertiary/aromatic N) is 1. The Morgan fingerprint density at radius 3 is 3.08 bits per heavy atom. The molecule has 0 bridgehead atoms. The first-order valence-electron chi connectivity index (χ1n) is 3.11. The van der Waals surface area contributed by atoms with Gasteiger partial charge in [0.05, 0.1) is 0 Å². The highest BCUT2D eigenvalue weighted by atomic mass is 35.5. The fraction of sp³-hybridized carbons (Fsp3) is 0. The lowest BCUT2D eigenvalue weighted by atomic mass is 10.4. The number of amides is 1. The summed E-state index contributed by atoms with van der Waals surface area (Å²) in [6, 6.07) is 3.11. The van der Waals surface area contributed by atoms with Crippen molar-refractivity contribution in [1.82, 2.24) is 4.98 Å². The van der Waals surface area contributed by atoms with E-state index in [1.807, 2.05) is 5.92 Å². The molecule has 4 heteroatoms. The monoisotopic (exact) mass is 180 g/mol. The minimum Gasteiger partial charge on any atom is -0.315 e. The molecule has 1 amide bonds. The van der Waals surface area contributed by atoms with Crippen molar-refractivity contribution in [2.75, 3.05) is 5.32 Å². The summed E-state index contributed by atoms with van der Waals surface area (Å²) >= 11 is 5.56. The van der Waals surface area contributed by atoms with E-state index in [2.05, 4.69) is 10.3 Å². The standard InChI is InChI=1S/C8H5ClN2O/c1-2-8(12)11-6-3-4-10-7(9)5-6/h1,3-5H,(H,10,11,12). The molecule has 0 aliphatic carbocycles. The average Bonchev–Trinajstić information content (AvgIpc) is 2.04. The molecule has 1 rings (SSSR count). The molecule has 1 aromatic heterocycles. The van der Waals surface area contributed by atoms with Crippen molar-refractivity contribution in [3.05, 3.63) is 23.5 Å². The van der Waals surface area contributed by atoms with Crippen LogP contribution in [0.3, 0.4) is 0 Å². The van der Waals surface area contributed by atoms with Crippen LogP contribution >= 0.6 is 11.6 Å². The lowest BCUT2D eigenvalue weighted by Gasteiger charge is -1.99. The molecule has 0 aliphatic heterocycles. The molecule has 0 aromatic carbocycles. The van der Waals surface area contributed by atoms with Crippen LogP contribution in [-0.2, 0) is 4.79 Å². The van der Waals surface area contributed by atoms with Crippen LogP contribution in [0.2, 0.25) is 5.15 Å². The number of nitrogens with one attached hydrogen (secondary N) is 1. The van der Waals surface area contributed by atoms with E-state index in [4.69, 9.17) is 18.0 Å². The van der Waals surface area contributed by atoms with Gasteiger partial charge in [-0.25, -0.2) is 4.98 Å². The van der Waals surface area contributed by atoms with Gasteiger partial charge in [-0.2, -0.15) is 0 Å². The topological polar surface area (TPSA) is 42.0 Å². The van der Waals surface area contributed by atoms with Gasteiger partial charge in [-0.3, -0.25) is 4.79 Å². The molecule has 60 valence electrons. The third-order valence-corrected chi connectivity index (χ3v) is 1.32. The number of halogens is 1. The van der Waals surface area contributed by atoms with E-state index in [-0.39, 0.29) is 0 Å². The fourth-order valence-corrected chi connectivity index (χ4v) is 0.821. The van der Waals surface area contributed by atoms with Crippen molar-refractivity contribution in [2.24, 2.45) is 0 Å². The summed E-state index contributed by atoms with van der Waals surface area (Å²) in [5, 5.41) is 2.74. The first-order valence-corrected chi connectivity index (χ1v) is 3.49. The van der Waals surface area contributed by atoms with E-state index in [0.29, 0.717) is 10.8 Å². The second kappa shape index (κ2) is 3.74. The Hall–Kier alpha value is -1.53. The Morgan fingerprint density at radius 2 is 2.50 bits per heavy atom. The molecular weight excluding hydrogens is 176 g/mol. The van der Waals surface area contributed by atoms with E-state index in [1.54, 1.807) is 6.07 Å². The van der Waals surface area contributed by atoms with Gasteiger partial charge in [0.2, 0.25) is 0 Å². The van der Waals surface area contributed by atoms with Crippen LogP contribution in [-0.4, -0.2) is 10.9 Å². The summed E-state index contributed by atoms with van der Waals surface area (Å²) in [5.74, 6) is 1.42. The van der Waals surface area contributed by atoms with Gasteiger partial charge < -0.3 is 5.32 Å². The highest BCUT2D eigenvalue weighted by Gasteiger charge is 1.97. The van der Waals surface area contributed by atoms with Crippen molar-refractivity contribution >= 4 is 23.2 Å². The Morgan fingerprint density at radius 1 is 1.75 bits per heavy atom. The highest BCUT2D eigenvalue weighted by Crippen LogP contribution is 2.11. The van der Waals surface area contributed by atoms with Crippen molar-refractivity contribution in [2.45, 2.75) is 0 Å². The predicted octanol–water partition coefficient (Wildman–Crippen LogP) is 1.31. The van der Waals surface area contributed by atoms with E-state index in [9.17, 15) is 4.79 Å². The number of hydrogen-bond acceptors (Lipinski definition) is 2. The Bertz CT molecular complexity index is 343. The first-order chi connectivity index (χ1) is 5.72. The fourth-order valence-electron chi connectivity index (χ4n) is 0.647. The molecule has 0 spiro atoms. The number of carbonyl (C=O) groups excluding carboxylic acids is 1. The normalized spacial score (nSPS) is 8.67. The zero-order chi connectivity index (χ0) is 8.97. The van der Waals surface area contributed by atoms with E-state index >= 15 is 0 Å². The molecule has 1 N–H and O–H groups in total. The van der Waals surface area contributed by atoms with E-state index in [1.165, 1.54) is 12.3 Å². The maximum absolute atomic E-state index is 10.7. The number of anilines is 1. The molecule has 0 aliphatic rings. The molecule has 1 heterocycles. The second-order valence-corrected chi connectivity index (χ2v) is 2.35. The van der Waals surface area contributed by atoms with Crippen LogP contribution < -0.4 is 5.32 Å². The van der Waals surface area contributed by atoms with Crippen molar-refractivity contribution in [3.63, 3.8) is 0 Å². The number of aromatic nitrogens is 1. The number of hydrogen-bond donors (Lipinski definition) is 1. The smallest absolute Gasteiger partial charge is 0.300 e. The second-order valence-electron chi connectivity index (χ2n) is 1.97. The van der Waals surface area contributed by atoms with E-state index < -0.39 is 5.91 Å². The summed E-state index contributed by atoms with van der Waals surface area (Å²) in [6.07, 6.45) is 6.33. The third-order valence-electron chi connectivity index (χ3n) is 1.12. The minimum absolute atomic E-state index is 0.310. The maximum Gasteiger partial charge on any atom is 0.300 e. The van der Waals surface area contributed by atoms with Crippen LogP contribution in [0.4, 0.5) is 5.69 Å². The van der Waals surface area contributed by atoms with Gasteiger partial charge in [0, 0.05) is 11.9 Å². The largest absolute Gasteiger partial charge is 0.315 e. The molecule has 12 heavy (non-hydrogen) atoms. The molecule has 0 radical (unpaired) electrons. The van der Waals surface area contributed by atoms with Crippen molar-refractivity contribution in [1.29, 1.82) is 0 Å². The molecule has 0 saturated heterocycles. The van der Waals surface area contributed by atoms with Crippen LogP contribution in [0.25, 0.3) is 0 Å². The van der Waals surface area contributed by atoms with Crippen molar-refractivity contribution < 1.29 is 4.79 Å². The third kappa shape index (κ3) is 2.26. The number of rotatable bonds is 1. The minimum atomic E-state index is -0.503. The van der Waals surface area contributed by atoms with E-state index in [0.717, 1.165) is 0 Å². The average molecular weight is 181 g/mol. The number of terminal acetylenes is 1. The molecule has 0 saturated carbocycles. The zero-order valence-electron chi connectivity index (χ0n) is 6.04. The Labute approximate surface area is 74.8 Å². The van der Waals surface area contributed by atoms with Gasteiger partial charge in [-0.15, -0.1) is 6.42 Å². The SMILES string of the molecule is C#CC(=O)Nc1ccnc(Cl)c1. The Kier molecular flexibility index (Phi) is 2.67. The summed E-state index contributed by atoms with van der Waals surface area (Å²) in [7, 11) is 0. The van der Waals surface area contributed by atoms with Gasteiger partial charge in [0.25, 0.3) is 5.91 Å². The number of carbonyl (C=O) groups is 1.